The summed E-state index contributed by atoms with van der Waals surface area (Å²) in [5.74, 6) is -0.494. The van der Waals surface area contributed by atoms with Crippen molar-refractivity contribution in [3.05, 3.63) is 28.0 Å². The first-order chi connectivity index (χ1) is 8.06. The van der Waals surface area contributed by atoms with Gasteiger partial charge in [-0.1, -0.05) is 0 Å². The van der Waals surface area contributed by atoms with Crippen LogP contribution in [0.2, 0.25) is 0 Å². The van der Waals surface area contributed by atoms with E-state index in [1.165, 1.54) is 6.07 Å². The van der Waals surface area contributed by atoms with E-state index < -0.39 is 11.4 Å². The molecule has 5 heteroatoms. The molecule has 1 aliphatic carbocycles. The maximum atomic E-state index is 13.8. The Balaban J connectivity index is 2.12. The summed E-state index contributed by atoms with van der Waals surface area (Å²) in [7, 11) is 0. The molecule has 0 spiro atoms. The van der Waals surface area contributed by atoms with E-state index >= 15 is 0 Å². The Hall–Kier alpha value is -1.12. The topological polar surface area (TPSA) is 56.0 Å². The molecule has 0 bridgehead atoms. The normalized spacial score (nSPS) is 17.1. The fourth-order valence-corrected chi connectivity index (χ4v) is 2.23. The van der Waals surface area contributed by atoms with Crippen LogP contribution in [0.1, 0.15) is 24.8 Å². The molecule has 0 saturated heterocycles. The van der Waals surface area contributed by atoms with Gasteiger partial charge in [-0.15, -0.1) is 0 Å². The summed E-state index contributed by atoms with van der Waals surface area (Å²) in [4.78, 5) is 0. The van der Waals surface area contributed by atoms with Gasteiger partial charge in [-0.2, -0.15) is 5.26 Å². The molecule has 2 N–H and O–H groups in total. The van der Waals surface area contributed by atoms with Gasteiger partial charge in [0, 0.05) is 6.54 Å². The molecule has 0 aromatic heterocycles. The number of nitrogens with zero attached hydrogens (tertiary/aromatic N) is 1. The van der Waals surface area contributed by atoms with E-state index in [4.69, 9.17) is 5.26 Å². The molecular weight excluding hydrogens is 287 g/mol. The summed E-state index contributed by atoms with van der Waals surface area (Å²) in [6.45, 7) is 0.336. The zero-order chi connectivity index (χ0) is 12.5. The summed E-state index contributed by atoms with van der Waals surface area (Å²) in [5.41, 5.74) is -0.140. The van der Waals surface area contributed by atoms with E-state index in [1.807, 2.05) is 6.07 Å². The van der Waals surface area contributed by atoms with E-state index in [2.05, 4.69) is 21.2 Å². The number of rotatable bonds is 3. The number of nitriles is 1. The van der Waals surface area contributed by atoms with Gasteiger partial charge < -0.3 is 10.4 Å². The highest BCUT2D eigenvalue weighted by atomic mass is 79.9. The second-order valence-corrected chi connectivity index (χ2v) is 5.12. The number of hydrogen-bond donors (Lipinski definition) is 2. The zero-order valence-corrected chi connectivity index (χ0v) is 10.7. The molecule has 0 atom stereocenters. The molecule has 90 valence electrons. The first kappa shape index (κ1) is 12.3. The van der Waals surface area contributed by atoms with Gasteiger partial charge in [0.1, 0.15) is 6.07 Å². The Labute approximate surface area is 107 Å². The van der Waals surface area contributed by atoms with Gasteiger partial charge >= 0.3 is 0 Å². The van der Waals surface area contributed by atoms with Gasteiger partial charge in [0.05, 0.1) is 21.3 Å². The van der Waals surface area contributed by atoms with Crippen LogP contribution in [0.15, 0.2) is 16.6 Å². The van der Waals surface area contributed by atoms with E-state index in [1.54, 1.807) is 6.07 Å². The number of hydrogen-bond acceptors (Lipinski definition) is 3. The first-order valence-electron chi connectivity index (χ1n) is 5.40. The summed E-state index contributed by atoms with van der Waals surface area (Å²) in [5, 5.41) is 21.5. The van der Waals surface area contributed by atoms with Crippen LogP contribution in [0.4, 0.5) is 10.1 Å². The highest BCUT2D eigenvalue weighted by molar-refractivity contribution is 9.10. The maximum Gasteiger partial charge on any atom is 0.161 e. The average molecular weight is 299 g/mol. The lowest BCUT2D eigenvalue weighted by molar-refractivity contribution is -0.0202. The van der Waals surface area contributed by atoms with Gasteiger partial charge in [-0.25, -0.2) is 4.39 Å². The lowest BCUT2D eigenvalue weighted by atomic mass is 9.80. The molecule has 1 aromatic rings. The monoisotopic (exact) mass is 298 g/mol. The van der Waals surface area contributed by atoms with Crippen LogP contribution in [-0.2, 0) is 0 Å². The van der Waals surface area contributed by atoms with Crippen LogP contribution < -0.4 is 5.32 Å². The van der Waals surface area contributed by atoms with Crippen molar-refractivity contribution >= 4 is 21.6 Å². The Morgan fingerprint density at radius 2 is 2.24 bits per heavy atom. The molecular formula is C12H12BrFN2O. The summed E-state index contributed by atoms with van der Waals surface area (Å²) in [6, 6.07) is 4.95. The van der Waals surface area contributed by atoms with Crippen molar-refractivity contribution in [3.8, 4) is 6.07 Å². The standard InChI is InChI=1S/C12H12BrFN2O/c13-10-8(6-15)2-3-9(11(10)14)16-7-12(17)4-1-5-12/h2-3,16-17H,1,4-5,7H2. The highest BCUT2D eigenvalue weighted by Gasteiger charge is 2.34. The van der Waals surface area contributed by atoms with Gasteiger partial charge in [0.25, 0.3) is 0 Å². The third kappa shape index (κ3) is 2.43. The van der Waals surface area contributed by atoms with Crippen LogP contribution >= 0.6 is 15.9 Å². The van der Waals surface area contributed by atoms with Crippen molar-refractivity contribution in [2.45, 2.75) is 24.9 Å². The number of anilines is 1. The molecule has 3 nitrogen and oxygen atoms in total. The van der Waals surface area contributed by atoms with Crippen molar-refractivity contribution in [2.24, 2.45) is 0 Å². The molecule has 1 fully saturated rings. The summed E-state index contributed by atoms with van der Waals surface area (Å²) in [6.07, 6.45) is 2.51. The van der Waals surface area contributed by atoms with E-state index in [-0.39, 0.29) is 10.0 Å². The predicted molar refractivity (Wildman–Crippen MR) is 66.1 cm³/mol. The molecule has 0 heterocycles. The van der Waals surface area contributed by atoms with Gasteiger partial charge in [0.15, 0.2) is 5.82 Å². The molecule has 0 amide bonds. The minimum Gasteiger partial charge on any atom is -0.388 e. The second-order valence-electron chi connectivity index (χ2n) is 4.33. The third-order valence-corrected chi connectivity index (χ3v) is 3.87. The van der Waals surface area contributed by atoms with Crippen molar-refractivity contribution < 1.29 is 9.50 Å². The zero-order valence-electron chi connectivity index (χ0n) is 9.13. The molecule has 1 aliphatic rings. The van der Waals surface area contributed by atoms with Crippen molar-refractivity contribution in [2.75, 3.05) is 11.9 Å². The Kier molecular flexibility index (Phi) is 3.36. The lowest BCUT2D eigenvalue weighted by Crippen LogP contribution is -2.43. The minimum absolute atomic E-state index is 0.158. The summed E-state index contributed by atoms with van der Waals surface area (Å²) < 4.78 is 14.0. The minimum atomic E-state index is -0.702. The number of halogens is 2. The van der Waals surface area contributed by atoms with Crippen LogP contribution in [0, 0.1) is 17.1 Å². The second kappa shape index (κ2) is 4.63. The van der Waals surface area contributed by atoms with Crippen LogP contribution in [0.5, 0.6) is 0 Å². The Morgan fingerprint density at radius 3 is 2.76 bits per heavy atom. The van der Waals surface area contributed by atoms with Gasteiger partial charge in [-0.3, -0.25) is 0 Å². The van der Waals surface area contributed by atoms with Crippen LogP contribution in [0.25, 0.3) is 0 Å². The van der Waals surface area contributed by atoms with Crippen molar-refractivity contribution in [1.29, 1.82) is 5.26 Å². The Bertz CT molecular complexity index is 480. The SMILES string of the molecule is N#Cc1ccc(NCC2(O)CCC2)c(F)c1Br. The number of benzene rings is 1. The predicted octanol–water partition coefficient (Wildman–Crippen LogP) is 2.79. The van der Waals surface area contributed by atoms with Gasteiger partial charge in [0.2, 0.25) is 0 Å². The quantitative estimate of drug-likeness (QED) is 0.902. The van der Waals surface area contributed by atoms with Crippen molar-refractivity contribution in [1.82, 2.24) is 0 Å². The molecule has 0 radical (unpaired) electrons. The van der Waals surface area contributed by atoms with E-state index in [0.29, 0.717) is 12.2 Å². The smallest absolute Gasteiger partial charge is 0.161 e. The summed E-state index contributed by atoms with van der Waals surface area (Å²) >= 11 is 3.04. The third-order valence-electron chi connectivity index (χ3n) is 3.09. The molecule has 1 saturated carbocycles. The molecule has 0 aliphatic heterocycles. The first-order valence-corrected chi connectivity index (χ1v) is 6.19. The highest BCUT2D eigenvalue weighted by Crippen LogP contribution is 2.33. The largest absolute Gasteiger partial charge is 0.388 e. The molecule has 2 rings (SSSR count). The molecule has 1 aromatic carbocycles. The van der Waals surface area contributed by atoms with Crippen LogP contribution in [-0.4, -0.2) is 17.3 Å². The van der Waals surface area contributed by atoms with E-state index in [9.17, 15) is 9.50 Å². The average Bonchev–Trinajstić information content (AvgIpc) is 2.29. The number of aliphatic hydroxyl groups is 1. The van der Waals surface area contributed by atoms with E-state index in [0.717, 1.165) is 19.3 Å². The van der Waals surface area contributed by atoms with Gasteiger partial charge in [-0.05, 0) is 47.3 Å². The molecule has 0 unspecified atom stereocenters. The number of nitrogens with one attached hydrogen (secondary N) is 1. The van der Waals surface area contributed by atoms with Crippen LogP contribution in [0.3, 0.4) is 0 Å². The fraction of sp³-hybridized carbons (Fsp3) is 0.417. The maximum absolute atomic E-state index is 13.8. The fourth-order valence-electron chi connectivity index (χ4n) is 1.79. The lowest BCUT2D eigenvalue weighted by Gasteiger charge is -2.36. The molecule has 17 heavy (non-hydrogen) atoms. The Morgan fingerprint density at radius 1 is 1.53 bits per heavy atom. The van der Waals surface area contributed by atoms with Crippen molar-refractivity contribution in [3.63, 3.8) is 0 Å².